The Hall–Kier alpha value is -1.69. The van der Waals surface area contributed by atoms with E-state index in [0.717, 1.165) is 0 Å². The summed E-state index contributed by atoms with van der Waals surface area (Å²) in [7, 11) is 0. The molecule has 6 heteroatoms. The smallest absolute Gasteiger partial charge is 0.275 e. The van der Waals surface area contributed by atoms with Crippen molar-refractivity contribution in [3.63, 3.8) is 0 Å². The summed E-state index contributed by atoms with van der Waals surface area (Å²) in [6, 6.07) is 0. The number of aliphatic hydroxyl groups is 1. The highest BCUT2D eigenvalue weighted by molar-refractivity contribution is 5.86. The Bertz CT molecular complexity index is 397. The van der Waals surface area contributed by atoms with Gasteiger partial charge in [0.15, 0.2) is 0 Å². The second kappa shape index (κ2) is 4.52. The number of rotatable bonds is 3. The highest BCUT2D eigenvalue weighted by Gasteiger charge is 2.07. The number of hydrogen-bond donors (Lipinski definition) is 3. The molecule has 4 N–H and O–H groups in total. The summed E-state index contributed by atoms with van der Waals surface area (Å²) in [5, 5.41) is 14.7. The number of H-pyrrole nitrogens is 1. The molecule has 0 bridgehead atoms. The lowest BCUT2D eigenvalue weighted by molar-refractivity contribution is 0.276. The summed E-state index contributed by atoms with van der Waals surface area (Å²) < 4.78 is 0. The van der Waals surface area contributed by atoms with E-state index in [0.29, 0.717) is 6.54 Å². The van der Waals surface area contributed by atoms with Crippen molar-refractivity contribution in [2.24, 2.45) is 4.99 Å². The summed E-state index contributed by atoms with van der Waals surface area (Å²) in [4.78, 5) is 15.1. The zero-order valence-corrected chi connectivity index (χ0v) is 7.82. The van der Waals surface area contributed by atoms with Gasteiger partial charge in [-0.15, -0.1) is 0 Å². The van der Waals surface area contributed by atoms with Crippen LogP contribution in [0.2, 0.25) is 0 Å². The van der Waals surface area contributed by atoms with Gasteiger partial charge in [-0.1, -0.05) is 0 Å². The molecule has 0 unspecified atom stereocenters. The lowest BCUT2D eigenvalue weighted by Gasteiger charge is -2.02. The van der Waals surface area contributed by atoms with Crippen LogP contribution in [-0.2, 0) is 6.61 Å². The predicted molar refractivity (Wildman–Crippen MR) is 53.3 cm³/mol. The Morgan fingerprint density at radius 2 is 2.43 bits per heavy atom. The molecule has 14 heavy (non-hydrogen) atoms. The third-order valence-electron chi connectivity index (χ3n) is 1.69. The number of nitrogens with two attached hydrogens (primary N) is 1. The van der Waals surface area contributed by atoms with Gasteiger partial charge in [-0.05, 0) is 6.92 Å². The summed E-state index contributed by atoms with van der Waals surface area (Å²) >= 11 is 0. The fourth-order valence-corrected chi connectivity index (χ4v) is 0.948. The number of nitrogens with zero attached hydrogens (tertiary/aromatic N) is 2. The minimum Gasteiger partial charge on any atom is -0.396 e. The molecule has 1 rings (SSSR count). The largest absolute Gasteiger partial charge is 0.396 e. The fourth-order valence-electron chi connectivity index (χ4n) is 0.948. The Kier molecular flexibility index (Phi) is 3.35. The van der Waals surface area contributed by atoms with E-state index in [1.54, 1.807) is 0 Å². The van der Waals surface area contributed by atoms with Crippen molar-refractivity contribution in [3.8, 4) is 0 Å². The number of nitrogens with one attached hydrogen (secondary N) is 1. The average molecular weight is 196 g/mol. The maximum Gasteiger partial charge on any atom is 0.275 e. The van der Waals surface area contributed by atoms with Gasteiger partial charge in [0.1, 0.15) is 5.69 Å². The first-order chi connectivity index (χ1) is 6.70. The molecule has 0 aliphatic heterocycles. The maximum atomic E-state index is 11.2. The molecule has 1 heterocycles. The third kappa shape index (κ3) is 1.97. The highest BCUT2D eigenvalue weighted by atomic mass is 16.3. The summed E-state index contributed by atoms with van der Waals surface area (Å²) in [5.41, 5.74) is 5.86. The molecular formula is C8H12N4O2. The molecule has 0 spiro atoms. The van der Waals surface area contributed by atoms with Crippen LogP contribution in [0.3, 0.4) is 0 Å². The molecule has 0 saturated carbocycles. The normalized spacial score (nSPS) is 11.0. The molecule has 0 aromatic carbocycles. The van der Waals surface area contributed by atoms with Crippen molar-refractivity contribution >= 4 is 11.9 Å². The first kappa shape index (κ1) is 10.4. The van der Waals surface area contributed by atoms with E-state index in [1.807, 2.05) is 6.92 Å². The van der Waals surface area contributed by atoms with Crippen LogP contribution in [0.4, 0.5) is 5.69 Å². The Morgan fingerprint density at radius 3 is 3.00 bits per heavy atom. The van der Waals surface area contributed by atoms with Gasteiger partial charge in [0.05, 0.1) is 17.9 Å². The summed E-state index contributed by atoms with van der Waals surface area (Å²) in [6.45, 7) is 2.10. The van der Waals surface area contributed by atoms with Crippen LogP contribution in [0.5, 0.6) is 0 Å². The van der Waals surface area contributed by atoms with Crippen LogP contribution in [0, 0.1) is 0 Å². The molecular weight excluding hydrogens is 184 g/mol. The number of aromatic nitrogens is 2. The fraction of sp³-hybridized carbons (Fsp3) is 0.375. The van der Waals surface area contributed by atoms with E-state index in [-0.39, 0.29) is 23.6 Å². The molecule has 0 atom stereocenters. The molecule has 0 saturated heterocycles. The van der Waals surface area contributed by atoms with E-state index >= 15 is 0 Å². The minimum atomic E-state index is -0.406. The lowest BCUT2D eigenvalue weighted by Crippen LogP contribution is -2.19. The van der Waals surface area contributed by atoms with Crippen molar-refractivity contribution in [2.75, 3.05) is 12.3 Å². The van der Waals surface area contributed by atoms with Crippen LogP contribution >= 0.6 is 0 Å². The van der Waals surface area contributed by atoms with Crippen molar-refractivity contribution in [3.05, 3.63) is 21.6 Å². The minimum absolute atomic E-state index is 0.174. The Labute approximate surface area is 80.5 Å². The quantitative estimate of drug-likeness (QED) is 0.555. The van der Waals surface area contributed by atoms with Gasteiger partial charge in [0.2, 0.25) is 0 Å². The first-order valence-corrected chi connectivity index (χ1v) is 4.18. The van der Waals surface area contributed by atoms with Crippen molar-refractivity contribution in [1.29, 1.82) is 0 Å². The number of aliphatic hydroxyl groups excluding tert-OH is 1. The zero-order chi connectivity index (χ0) is 10.6. The zero-order valence-electron chi connectivity index (χ0n) is 7.82. The predicted octanol–water partition coefficient (Wildman–Crippen LogP) is -0.717. The van der Waals surface area contributed by atoms with Crippen molar-refractivity contribution < 1.29 is 5.11 Å². The molecule has 76 valence electrons. The van der Waals surface area contributed by atoms with Crippen LogP contribution in [0.1, 0.15) is 18.2 Å². The first-order valence-electron chi connectivity index (χ1n) is 4.18. The Balaban J connectivity index is 3.25. The second-order valence-corrected chi connectivity index (χ2v) is 2.61. The van der Waals surface area contributed by atoms with Gasteiger partial charge < -0.3 is 10.8 Å². The molecule has 0 radical (unpaired) electrons. The van der Waals surface area contributed by atoms with E-state index in [4.69, 9.17) is 10.8 Å². The monoisotopic (exact) mass is 196 g/mol. The van der Waals surface area contributed by atoms with Crippen molar-refractivity contribution in [1.82, 2.24) is 10.2 Å². The molecule has 1 aromatic rings. The lowest BCUT2D eigenvalue weighted by atomic mass is 10.2. The van der Waals surface area contributed by atoms with Gasteiger partial charge in [-0.2, -0.15) is 5.10 Å². The van der Waals surface area contributed by atoms with Gasteiger partial charge in [-0.25, -0.2) is 5.10 Å². The standard InChI is InChI=1S/C8H12N4O2/c1-2-10-3-5-7(9)6(4-13)11-12-8(5)14/h3,13H,2,4H2,1H3,(H3,9,12,14). The number of anilines is 1. The van der Waals surface area contributed by atoms with E-state index in [2.05, 4.69) is 15.2 Å². The van der Waals surface area contributed by atoms with E-state index in [9.17, 15) is 4.79 Å². The van der Waals surface area contributed by atoms with Gasteiger partial charge in [0.25, 0.3) is 5.56 Å². The molecule has 0 aliphatic carbocycles. The van der Waals surface area contributed by atoms with Crippen molar-refractivity contribution in [2.45, 2.75) is 13.5 Å². The molecule has 1 aromatic heterocycles. The topological polar surface area (TPSA) is 104 Å². The van der Waals surface area contributed by atoms with Crippen LogP contribution in [0.15, 0.2) is 9.79 Å². The highest BCUT2D eigenvalue weighted by Crippen LogP contribution is 2.07. The van der Waals surface area contributed by atoms with E-state index in [1.165, 1.54) is 6.21 Å². The summed E-state index contributed by atoms with van der Waals surface area (Å²) in [5.74, 6) is 0. The van der Waals surface area contributed by atoms with Crippen LogP contribution in [-0.4, -0.2) is 28.1 Å². The average Bonchev–Trinajstić information content (AvgIpc) is 2.18. The number of hydrogen-bond acceptors (Lipinski definition) is 5. The summed E-state index contributed by atoms with van der Waals surface area (Å²) in [6.07, 6.45) is 1.38. The molecule has 0 amide bonds. The maximum absolute atomic E-state index is 11.2. The van der Waals surface area contributed by atoms with Crippen LogP contribution in [0.25, 0.3) is 0 Å². The molecule has 0 fully saturated rings. The Morgan fingerprint density at radius 1 is 1.71 bits per heavy atom. The van der Waals surface area contributed by atoms with E-state index < -0.39 is 5.56 Å². The SMILES string of the molecule is CCN=Cc1c(N)c(CO)n[nH]c1=O. The molecule has 0 aliphatic rings. The van der Waals surface area contributed by atoms with Gasteiger partial charge >= 0.3 is 0 Å². The van der Waals surface area contributed by atoms with Gasteiger partial charge in [-0.3, -0.25) is 9.79 Å². The number of aromatic amines is 1. The number of nitrogen functional groups attached to an aromatic ring is 1. The third-order valence-corrected chi connectivity index (χ3v) is 1.69. The molecule has 6 nitrogen and oxygen atoms in total. The second-order valence-electron chi connectivity index (χ2n) is 2.61. The number of aliphatic imine (C=N–C) groups is 1. The van der Waals surface area contributed by atoms with Crippen LogP contribution < -0.4 is 11.3 Å². The van der Waals surface area contributed by atoms with Gasteiger partial charge in [0, 0.05) is 12.8 Å².